The number of ether oxygens (including phenoxy) is 3. The van der Waals surface area contributed by atoms with E-state index >= 15 is 0 Å². The van der Waals surface area contributed by atoms with Crippen molar-refractivity contribution < 1.29 is 27.4 Å². The van der Waals surface area contributed by atoms with E-state index < -0.39 is 16.0 Å². The van der Waals surface area contributed by atoms with Crippen LogP contribution >= 0.6 is 11.6 Å². The van der Waals surface area contributed by atoms with Gasteiger partial charge in [-0.2, -0.15) is 0 Å². The molecular weight excluding hydrogens is 538 g/mol. The number of carbonyl (C=O) groups excluding carboxylic acids is 1. The van der Waals surface area contributed by atoms with E-state index in [0.717, 1.165) is 24.0 Å². The molecule has 0 aromatic heterocycles. The molecule has 39 heavy (non-hydrogen) atoms. The minimum atomic E-state index is -3.97. The Balaban J connectivity index is 1.95. The van der Waals surface area contributed by atoms with E-state index in [1.165, 1.54) is 29.6 Å². The Morgan fingerprint density at radius 2 is 1.62 bits per heavy atom. The number of nitrogens with zero attached hydrogens (tertiary/aromatic N) is 1. The van der Waals surface area contributed by atoms with Gasteiger partial charge in [0.1, 0.15) is 22.8 Å². The molecule has 3 aromatic rings. The molecule has 0 N–H and O–H groups in total. The number of rotatable bonds is 12. The Morgan fingerprint density at radius 1 is 0.974 bits per heavy atom. The molecule has 0 aliphatic rings. The summed E-state index contributed by atoms with van der Waals surface area (Å²) >= 11 is 6.25. The molecular formula is C30H36ClNO6S. The minimum absolute atomic E-state index is 0.0147. The van der Waals surface area contributed by atoms with E-state index in [1.54, 1.807) is 24.3 Å². The predicted molar refractivity (Wildman–Crippen MR) is 155 cm³/mol. The fourth-order valence-electron chi connectivity index (χ4n) is 3.98. The van der Waals surface area contributed by atoms with Crippen molar-refractivity contribution in [2.75, 3.05) is 24.6 Å². The molecule has 0 saturated heterocycles. The quantitative estimate of drug-likeness (QED) is 0.164. The highest BCUT2D eigenvalue weighted by Gasteiger charge is 2.28. The van der Waals surface area contributed by atoms with Crippen molar-refractivity contribution in [3.8, 4) is 17.2 Å². The summed E-state index contributed by atoms with van der Waals surface area (Å²) in [4.78, 5) is 12.6. The molecule has 9 heteroatoms. The molecule has 0 amide bonds. The molecule has 0 fully saturated rings. The SMILES string of the molecule is CCCCOc1ccc(N(CC(C)C)S(=O)(=O)c2ccc(Oc3cc(C)c(Cl)c(C)c3)cc2)cc1C(=O)OC. The maximum atomic E-state index is 13.8. The number of anilines is 1. The third kappa shape index (κ3) is 7.46. The normalized spacial score (nSPS) is 11.4. The number of unbranched alkanes of at least 4 members (excludes halogenated alkanes) is 1. The van der Waals surface area contributed by atoms with Gasteiger partial charge in [0, 0.05) is 11.6 Å². The van der Waals surface area contributed by atoms with Crippen LogP contribution in [0.25, 0.3) is 0 Å². The summed E-state index contributed by atoms with van der Waals surface area (Å²) in [6.45, 7) is 10.4. The molecule has 0 aliphatic carbocycles. The molecule has 0 unspecified atom stereocenters. The van der Waals surface area contributed by atoms with Crippen LogP contribution in [0.4, 0.5) is 5.69 Å². The van der Waals surface area contributed by atoms with Crippen LogP contribution in [0, 0.1) is 19.8 Å². The van der Waals surface area contributed by atoms with E-state index in [2.05, 4.69) is 0 Å². The van der Waals surface area contributed by atoms with E-state index in [-0.39, 0.29) is 22.9 Å². The molecule has 7 nitrogen and oxygen atoms in total. The van der Waals surface area contributed by atoms with Gasteiger partial charge in [0.15, 0.2) is 0 Å². The number of halogens is 1. The molecule has 3 rings (SSSR count). The van der Waals surface area contributed by atoms with Crippen LogP contribution in [0.15, 0.2) is 59.5 Å². The number of hydrogen-bond donors (Lipinski definition) is 0. The smallest absolute Gasteiger partial charge is 0.341 e. The predicted octanol–water partition coefficient (Wildman–Crippen LogP) is 7.57. The topological polar surface area (TPSA) is 82.1 Å². The fraction of sp³-hybridized carbons (Fsp3) is 0.367. The fourth-order valence-corrected chi connectivity index (χ4v) is 5.71. The first kappa shape index (κ1) is 30.3. The van der Waals surface area contributed by atoms with Crippen LogP contribution < -0.4 is 13.8 Å². The van der Waals surface area contributed by atoms with Gasteiger partial charge >= 0.3 is 5.97 Å². The van der Waals surface area contributed by atoms with E-state index in [4.69, 9.17) is 25.8 Å². The maximum absolute atomic E-state index is 13.8. The molecule has 0 heterocycles. The van der Waals surface area contributed by atoms with Crippen molar-refractivity contribution in [1.29, 1.82) is 0 Å². The second-order valence-electron chi connectivity index (χ2n) is 9.75. The van der Waals surface area contributed by atoms with Gasteiger partial charge in [-0.15, -0.1) is 0 Å². The van der Waals surface area contributed by atoms with Crippen LogP contribution in [0.5, 0.6) is 17.2 Å². The van der Waals surface area contributed by atoms with Crippen molar-refractivity contribution in [2.24, 2.45) is 5.92 Å². The third-order valence-corrected chi connectivity index (χ3v) is 8.40. The number of esters is 1. The Labute approximate surface area is 236 Å². The minimum Gasteiger partial charge on any atom is -0.493 e. The zero-order valence-corrected chi connectivity index (χ0v) is 24.9. The molecule has 0 bridgehead atoms. The Kier molecular flexibility index (Phi) is 10.3. The summed E-state index contributed by atoms with van der Waals surface area (Å²) in [5.41, 5.74) is 2.30. The van der Waals surface area contributed by atoms with Crippen molar-refractivity contribution in [2.45, 2.75) is 52.4 Å². The van der Waals surface area contributed by atoms with E-state index in [9.17, 15) is 13.2 Å². The molecule has 210 valence electrons. The average molecular weight is 574 g/mol. The van der Waals surface area contributed by atoms with Crippen LogP contribution in [0.2, 0.25) is 5.02 Å². The van der Waals surface area contributed by atoms with Gasteiger partial charge in [0.05, 0.1) is 24.3 Å². The number of sulfonamides is 1. The van der Waals surface area contributed by atoms with Crippen LogP contribution in [-0.2, 0) is 14.8 Å². The Bertz CT molecular complexity index is 1380. The molecule has 0 spiro atoms. The summed E-state index contributed by atoms with van der Waals surface area (Å²) in [6, 6.07) is 14.7. The number of aryl methyl sites for hydroxylation is 2. The highest BCUT2D eigenvalue weighted by Crippen LogP contribution is 2.33. The molecule has 3 aromatic carbocycles. The van der Waals surface area contributed by atoms with Crippen LogP contribution in [0.3, 0.4) is 0 Å². The summed E-state index contributed by atoms with van der Waals surface area (Å²) < 4.78 is 45.6. The lowest BCUT2D eigenvalue weighted by Crippen LogP contribution is -2.34. The zero-order chi connectivity index (χ0) is 28.7. The average Bonchev–Trinajstić information content (AvgIpc) is 2.90. The standard InChI is InChI=1S/C30H36ClNO6S/c1-7-8-15-37-28-14-9-23(18-27(28)30(33)36-6)32(19-20(2)3)39(34,35)26-12-10-24(11-13-26)38-25-16-21(4)29(31)22(5)17-25/h9-14,16-18,20H,7-8,15,19H2,1-6H3. The largest absolute Gasteiger partial charge is 0.493 e. The number of methoxy groups -OCH3 is 1. The van der Waals surface area contributed by atoms with E-state index in [1.807, 2.05) is 46.8 Å². The first-order chi connectivity index (χ1) is 18.5. The van der Waals surface area contributed by atoms with Crippen molar-refractivity contribution in [3.63, 3.8) is 0 Å². The van der Waals surface area contributed by atoms with Crippen LogP contribution in [0.1, 0.15) is 55.1 Å². The monoisotopic (exact) mass is 573 g/mol. The molecule has 0 aliphatic heterocycles. The van der Waals surface area contributed by atoms with Gasteiger partial charge in [-0.05, 0) is 91.9 Å². The zero-order valence-electron chi connectivity index (χ0n) is 23.3. The Morgan fingerprint density at radius 3 is 2.18 bits per heavy atom. The summed E-state index contributed by atoms with van der Waals surface area (Å²) in [7, 11) is -2.69. The van der Waals surface area contributed by atoms with E-state index in [0.29, 0.717) is 34.6 Å². The summed E-state index contributed by atoms with van der Waals surface area (Å²) in [5.74, 6) is 0.880. The summed E-state index contributed by atoms with van der Waals surface area (Å²) in [5, 5.41) is 0.685. The maximum Gasteiger partial charge on any atom is 0.341 e. The lowest BCUT2D eigenvalue weighted by Gasteiger charge is -2.27. The molecule has 0 radical (unpaired) electrons. The first-order valence-corrected chi connectivity index (χ1v) is 14.7. The third-order valence-electron chi connectivity index (χ3n) is 6.00. The summed E-state index contributed by atoms with van der Waals surface area (Å²) in [6.07, 6.45) is 1.77. The van der Waals surface area contributed by atoms with Gasteiger partial charge in [-0.1, -0.05) is 38.8 Å². The lowest BCUT2D eigenvalue weighted by atomic mass is 10.1. The molecule has 0 saturated carbocycles. The highest BCUT2D eigenvalue weighted by molar-refractivity contribution is 7.92. The first-order valence-electron chi connectivity index (χ1n) is 12.9. The Hall–Kier alpha value is -3.23. The number of carbonyl (C=O) groups is 1. The number of benzene rings is 3. The molecule has 0 atom stereocenters. The van der Waals surface area contributed by atoms with Gasteiger partial charge in [-0.25, -0.2) is 13.2 Å². The highest BCUT2D eigenvalue weighted by atomic mass is 35.5. The van der Waals surface area contributed by atoms with Crippen molar-refractivity contribution >= 4 is 33.3 Å². The van der Waals surface area contributed by atoms with Crippen LogP contribution in [-0.4, -0.2) is 34.6 Å². The number of hydrogen-bond acceptors (Lipinski definition) is 6. The van der Waals surface area contributed by atoms with Gasteiger partial charge < -0.3 is 14.2 Å². The lowest BCUT2D eigenvalue weighted by molar-refractivity contribution is 0.0596. The van der Waals surface area contributed by atoms with Gasteiger partial charge in [-0.3, -0.25) is 4.31 Å². The van der Waals surface area contributed by atoms with Crippen molar-refractivity contribution in [3.05, 3.63) is 76.3 Å². The second-order valence-corrected chi connectivity index (χ2v) is 12.0. The van der Waals surface area contributed by atoms with Crippen molar-refractivity contribution in [1.82, 2.24) is 0 Å². The second kappa shape index (κ2) is 13.2. The van der Waals surface area contributed by atoms with Gasteiger partial charge in [0.25, 0.3) is 10.0 Å². The van der Waals surface area contributed by atoms with Gasteiger partial charge in [0.2, 0.25) is 0 Å².